The van der Waals surface area contributed by atoms with Gasteiger partial charge >= 0.3 is 0 Å². The van der Waals surface area contributed by atoms with E-state index in [1.54, 1.807) is 13.0 Å². The SMILES string of the molecule is CC.CC/C=C\C=C(\C)CF.Cc1cccc(C(C)N2CC(C)C2)c1C.NC=O.OCCCCO. The molecule has 5 nitrogen and oxygen atoms in total. The molecule has 0 radical (unpaired) electrons. The van der Waals surface area contributed by atoms with Crippen molar-refractivity contribution >= 4 is 6.41 Å². The van der Waals surface area contributed by atoms with Gasteiger partial charge in [0.05, 0.1) is 0 Å². The summed E-state index contributed by atoms with van der Waals surface area (Å²) in [6.45, 7) is 19.5. The van der Waals surface area contributed by atoms with Crippen LogP contribution in [-0.2, 0) is 4.79 Å². The summed E-state index contributed by atoms with van der Waals surface area (Å²) in [5, 5.41) is 16.2. The van der Waals surface area contributed by atoms with E-state index in [4.69, 9.17) is 15.0 Å². The summed E-state index contributed by atoms with van der Waals surface area (Å²) in [4.78, 5) is 11.1. The standard InChI is InChI=1S/C14H21N.C8H13F.C4H10O2.C2H6.CH3NO/c1-10-8-15(9-10)13(4)14-7-5-6-11(2)12(14)3;1-3-4-5-6-8(2)7-9;5-3-1-2-4-6;1-2;2-1-3/h5-7,10,13H,8-9H2,1-4H3;4-6H,3,7H2,1-2H3;5-6H,1-4H2;1-2H3;1H,(H2,2,3)/b;5-4-,8-6-;;;. The second kappa shape index (κ2) is 26.6. The predicted octanol–water partition coefficient (Wildman–Crippen LogP) is 6.06. The van der Waals surface area contributed by atoms with Crippen LogP contribution in [0.25, 0.3) is 0 Å². The van der Waals surface area contributed by atoms with Crippen molar-refractivity contribution in [1.82, 2.24) is 4.90 Å². The summed E-state index contributed by atoms with van der Waals surface area (Å²) in [6.07, 6.45) is 8.38. The molecule has 1 aliphatic heterocycles. The van der Waals surface area contributed by atoms with Crippen LogP contribution in [0.15, 0.2) is 42.0 Å². The smallest absolute Gasteiger partial charge is 0.204 e. The Morgan fingerprint density at radius 3 is 2.11 bits per heavy atom. The minimum absolute atomic E-state index is 0.195. The topological polar surface area (TPSA) is 86.8 Å². The van der Waals surface area contributed by atoms with Crippen molar-refractivity contribution in [2.24, 2.45) is 11.7 Å². The zero-order valence-corrected chi connectivity index (χ0v) is 23.6. The van der Waals surface area contributed by atoms with Gasteiger partial charge in [0.2, 0.25) is 6.41 Å². The molecule has 1 saturated heterocycles. The van der Waals surface area contributed by atoms with Crippen molar-refractivity contribution in [1.29, 1.82) is 0 Å². The highest BCUT2D eigenvalue weighted by atomic mass is 19.1. The zero-order valence-electron chi connectivity index (χ0n) is 23.6. The summed E-state index contributed by atoms with van der Waals surface area (Å²) in [7, 11) is 0. The van der Waals surface area contributed by atoms with E-state index in [1.807, 2.05) is 26.0 Å². The summed E-state index contributed by atoms with van der Waals surface area (Å²) in [5.41, 5.74) is 9.32. The first-order valence-electron chi connectivity index (χ1n) is 12.8. The number of halogens is 1. The van der Waals surface area contributed by atoms with Gasteiger partial charge in [-0.25, -0.2) is 4.39 Å². The Hall–Kier alpha value is -2.02. The summed E-state index contributed by atoms with van der Waals surface area (Å²) in [6, 6.07) is 7.23. The minimum atomic E-state index is -0.339. The van der Waals surface area contributed by atoms with Crippen LogP contribution < -0.4 is 5.73 Å². The maximum Gasteiger partial charge on any atom is 0.204 e. The molecule has 204 valence electrons. The van der Waals surface area contributed by atoms with Crippen molar-refractivity contribution in [3.63, 3.8) is 0 Å². The van der Waals surface area contributed by atoms with Gasteiger partial charge < -0.3 is 15.9 Å². The van der Waals surface area contributed by atoms with Gasteiger partial charge in [-0.2, -0.15) is 0 Å². The van der Waals surface area contributed by atoms with Gasteiger partial charge in [0.25, 0.3) is 0 Å². The number of alkyl halides is 1. The lowest BCUT2D eigenvalue weighted by molar-refractivity contribution is -0.106. The Morgan fingerprint density at radius 1 is 1.20 bits per heavy atom. The van der Waals surface area contributed by atoms with Crippen LogP contribution in [0, 0.1) is 19.8 Å². The second-order valence-electron chi connectivity index (χ2n) is 8.30. The molecule has 4 N–H and O–H groups in total. The lowest BCUT2D eigenvalue weighted by Crippen LogP contribution is -2.46. The number of primary amides is 1. The number of carbonyl (C=O) groups excluding carboxylic acids is 1. The molecule has 0 spiro atoms. The quantitative estimate of drug-likeness (QED) is 0.232. The largest absolute Gasteiger partial charge is 0.396 e. The first kappa shape index (κ1) is 37.5. The monoisotopic (exact) mass is 496 g/mol. The zero-order chi connectivity index (χ0) is 27.6. The molecule has 0 aliphatic carbocycles. The molecular formula is C29H53FN2O3. The van der Waals surface area contributed by atoms with Crippen molar-refractivity contribution in [2.75, 3.05) is 33.0 Å². The molecule has 1 unspecified atom stereocenters. The molecular weight excluding hydrogens is 443 g/mol. The van der Waals surface area contributed by atoms with Crippen LogP contribution in [-0.4, -0.2) is 54.5 Å². The number of rotatable bonds is 8. The number of aliphatic hydroxyl groups is 2. The first-order valence-corrected chi connectivity index (χ1v) is 12.8. The van der Waals surface area contributed by atoms with E-state index in [1.165, 1.54) is 29.8 Å². The minimum Gasteiger partial charge on any atom is -0.396 e. The molecule has 0 aromatic heterocycles. The van der Waals surface area contributed by atoms with Gasteiger partial charge in [-0.05, 0) is 75.1 Å². The lowest BCUT2D eigenvalue weighted by atomic mass is 9.93. The van der Waals surface area contributed by atoms with E-state index < -0.39 is 0 Å². The summed E-state index contributed by atoms with van der Waals surface area (Å²) >= 11 is 0. The van der Waals surface area contributed by atoms with Gasteiger partial charge in [0.1, 0.15) is 6.67 Å². The molecule has 1 aliphatic rings. The van der Waals surface area contributed by atoms with E-state index in [0.717, 1.165) is 30.8 Å². The highest BCUT2D eigenvalue weighted by molar-refractivity contribution is 5.42. The Labute approximate surface area is 214 Å². The normalized spacial score (nSPS) is 14.0. The van der Waals surface area contributed by atoms with Gasteiger partial charge in [-0.1, -0.05) is 64.1 Å². The molecule has 1 aromatic rings. The number of carbonyl (C=O) groups is 1. The number of aryl methyl sites for hydroxylation is 1. The number of likely N-dealkylation sites (tertiary alicyclic amines) is 1. The predicted molar refractivity (Wildman–Crippen MR) is 149 cm³/mol. The Kier molecular flexibility index (Phi) is 28.5. The highest BCUT2D eigenvalue weighted by Gasteiger charge is 2.28. The van der Waals surface area contributed by atoms with Crippen LogP contribution in [0.5, 0.6) is 0 Å². The maximum absolute atomic E-state index is 11.7. The molecule has 35 heavy (non-hydrogen) atoms. The summed E-state index contributed by atoms with van der Waals surface area (Å²) < 4.78 is 11.7. The van der Waals surface area contributed by atoms with Gasteiger partial charge in [0.15, 0.2) is 0 Å². The number of hydrogen-bond acceptors (Lipinski definition) is 4. The number of unbranched alkanes of at least 4 members (excludes halogenated alkanes) is 1. The first-order chi connectivity index (χ1) is 16.7. The fraction of sp³-hybridized carbons (Fsp3) is 0.621. The van der Waals surface area contributed by atoms with Crippen molar-refractivity contribution in [3.8, 4) is 0 Å². The molecule has 0 bridgehead atoms. The van der Waals surface area contributed by atoms with Gasteiger partial charge in [0, 0.05) is 32.3 Å². The van der Waals surface area contributed by atoms with E-state index in [-0.39, 0.29) is 26.3 Å². The average Bonchev–Trinajstić information content (AvgIpc) is 2.84. The van der Waals surface area contributed by atoms with E-state index in [0.29, 0.717) is 6.04 Å². The highest BCUT2D eigenvalue weighted by Crippen LogP contribution is 2.30. The van der Waals surface area contributed by atoms with Crippen LogP contribution in [0.1, 0.15) is 83.5 Å². The third-order valence-electron chi connectivity index (χ3n) is 5.27. The third-order valence-corrected chi connectivity index (χ3v) is 5.27. The average molecular weight is 497 g/mol. The second-order valence-corrected chi connectivity index (χ2v) is 8.30. The van der Waals surface area contributed by atoms with Crippen molar-refractivity contribution < 1.29 is 19.4 Å². The molecule has 0 saturated carbocycles. The van der Waals surface area contributed by atoms with Crippen LogP contribution >= 0.6 is 0 Å². The molecule has 6 heteroatoms. The Bertz CT molecular complexity index is 668. The van der Waals surface area contributed by atoms with Crippen LogP contribution in [0.4, 0.5) is 4.39 Å². The molecule has 1 heterocycles. The van der Waals surface area contributed by atoms with Crippen molar-refractivity contribution in [3.05, 3.63) is 58.7 Å². The number of aliphatic hydroxyl groups excluding tert-OH is 2. The fourth-order valence-electron chi connectivity index (χ4n) is 3.12. The number of hydrogen-bond donors (Lipinski definition) is 3. The van der Waals surface area contributed by atoms with Gasteiger partial charge in [-0.15, -0.1) is 0 Å². The number of amides is 1. The van der Waals surface area contributed by atoms with Crippen LogP contribution in [0.2, 0.25) is 0 Å². The molecule has 1 fully saturated rings. The number of allylic oxidation sites excluding steroid dienone is 4. The van der Waals surface area contributed by atoms with Crippen molar-refractivity contribution in [2.45, 2.75) is 80.7 Å². The number of nitrogens with zero attached hydrogens (tertiary/aromatic N) is 1. The lowest BCUT2D eigenvalue weighted by Gasteiger charge is -2.42. The fourth-order valence-corrected chi connectivity index (χ4v) is 3.12. The van der Waals surface area contributed by atoms with Crippen LogP contribution in [0.3, 0.4) is 0 Å². The Morgan fingerprint density at radius 2 is 1.71 bits per heavy atom. The van der Waals surface area contributed by atoms with E-state index >= 15 is 0 Å². The molecule has 1 amide bonds. The molecule has 1 aromatic carbocycles. The Balaban J connectivity index is -0.000000439. The molecule has 2 rings (SSSR count). The van der Waals surface area contributed by atoms with E-state index in [9.17, 15) is 4.39 Å². The molecule has 1 atom stereocenters. The van der Waals surface area contributed by atoms with Gasteiger partial charge in [-0.3, -0.25) is 9.69 Å². The summed E-state index contributed by atoms with van der Waals surface area (Å²) in [5.74, 6) is 0.887. The van der Waals surface area contributed by atoms with E-state index in [2.05, 4.69) is 63.5 Å². The number of nitrogens with two attached hydrogens (primary N) is 1. The third kappa shape index (κ3) is 19.9. The number of benzene rings is 1. The maximum atomic E-state index is 11.7.